The predicted octanol–water partition coefficient (Wildman–Crippen LogP) is 9.59. The Kier molecular flexibility index (Phi) is 24.6. The molecule has 0 radical (unpaired) electrons. The molecule has 0 amide bonds. The van der Waals surface area contributed by atoms with E-state index in [9.17, 15) is 14.5 Å². The molecule has 0 aliphatic carbocycles. The number of benzene rings is 1. The number of esters is 1. The molecule has 1 aromatic carbocycles. The molecule has 0 heterocycles. The van der Waals surface area contributed by atoms with Crippen molar-refractivity contribution >= 4 is 26.2 Å². The van der Waals surface area contributed by atoms with Crippen molar-refractivity contribution in [3.8, 4) is 0 Å². The van der Waals surface area contributed by atoms with Gasteiger partial charge in [-0.15, -0.1) is 0 Å². The lowest BCUT2D eigenvalue weighted by Gasteiger charge is -2.24. The van der Waals surface area contributed by atoms with Gasteiger partial charge in [0, 0.05) is 11.9 Å². The van der Waals surface area contributed by atoms with Crippen molar-refractivity contribution in [2.24, 2.45) is 0 Å². The van der Waals surface area contributed by atoms with Crippen LogP contribution in [0.3, 0.4) is 0 Å². The van der Waals surface area contributed by atoms with Gasteiger partial charge >= 0.3 is 20.0 Å². The van der Waals surface area contributed by atoms with E-state index in [0.29, 0.717) is 18.3 Å². The third-order valence-electron chi connectivity index (χ3n) is 7.55. The molecule has 1 aromatic rings. The largest absolute Gasteiger partial charge is 0.470 e. The van der Waals surface area contributed by atoms with E-state index < -0.39 is 20.0 Å². The van der Waals surface area contributed by atoms with E-state index in [0.717, 1.165) is 12.0 Å². The number of aliphatic hydroxyl groups is 1. The Morgan fingerprint density at radius 3 is 2.00 bits per heavy atom. The van der Waals surface area contributed by atoms with E-state index in [2.05, 4.69) is 32.5 Å². The number of hydrogen-bond donors (Lipinski definition) is 1. The van der Waals surface area contributed by atoms with Crippen LogP contribution in [-0.4, -0.2) is 46.9 Å². The normalized spacial score (nSPS) is 14.5. The first-order valence-corrected chi connectivity index (χ1v) is 18.6. The first-order chi connectivity index (χ1) is 20.5. The maximum Gasteiger partial charge on any atom is 0.470 e. The minimum absolute atomic E-state index is 0.0208. The van der Waals surface area contributed by atoms with Crippen LogP contribution in [-0.2, 0) is 30.2 Å². The standard InChI is InChI=1S/C34H59O6PS/c1-4-6-8-10-11-12-13-14-16-21-28-42-32(25-20-15-9-7-5-2)30(3)38-26-22-27-40-34(36,41-37)33(35)39-29-31-23-18-17-19-24-31/h17-19,23-24,30,32,36H,4-16,20-22,25-29H2,1-3H3/p+1. The van der Waals surface area contributed by atoms with Gasteiger partial charge in [0.05, 0.1) is 12.7 Å². The Morgan fingerprint density at radius 1 is 0.833 bits per heavy atom. The lowest BCUT2D eigenvalue weighted by Crippen LogP contribution is -2.37. The van der Waals surface area contributed by atoms with E-state index in [1.165, 1.54) is 102 Å². The van der Waals surface area contributed by atoms with Crippen LogP contribution in [0.15, 0.2) is 30.3 Å². The van der Waals surface area contributed by atoms with Crippen molar-refractivity contribution < 1.29 is 28.7 Å². The van der Waals surface area contributed by atoms with E-state index >= 15 is 0 Å². The van der Waals surface area contributed by atoms with E-state index in [4.69, 9.17) is 14.2 Å². The van der Waals surface area contributed by atoms with Crippen LogP contribution in [0.25, 0.3) is 0 Å². The molecule has 0 aromatic heterocycles. The van der Waals surface area contributed by atoms with Crippen molar-refractivity contribution in [2.45, 2.75) is 153 Å². The van der Waals surface area contributed by atoms with Gasteiger partial charge in [-0.1, -0.05) is 139 Å². The van der Waals surface area contributed by atoms with Crippen LogP contribution in [0.5, 0.6) is 0 Å². The van der Waals surface area contributed by atoms with E-state index in [1.807, 2.05) is 18.2 Å². The molecule has 4 unspecified atom stereocenters. The summed E-state index contributed by atoms with van der Waals surface area (Å²) in [5, 5.41) is 10.9. The number of carbonyl (C=O) groups excluding carboxylic acids is 1. The highest BCUT2D eigenvalue weighted by molar-refractivity contribution is 7.99. The third-order valence-corrected chi connectivity index (χ3v) is 9.75. The Bertz CT molecular complexity index is 783. The first kappa shape index (κ1) is 39.0. The minimum atomic E-state index is -2.45. The molecule has 6 nitrogen and oxygen atoms in total. The summed E-state index contributed by atoms with van der Waals surface area (Å²) in [5.41, 5.74) is -1.68. The van der Waals surface area contributed by atoms with Gasteiger partial charge in [-0.05, 0) is 37.5 Å². The Morgan fingerprint density at radius 2 is 1.40 bits per heavy atom. The lowest BCUT2D eigenvalue weighted by molar-refractivity contribution is -0.197. The van der Waals surface area contributed by atoms with Crippen LogP contribution in [0.4, 0.5) is 0 Å². The molecule has 0 fully saturated rings. The topological polar surface area (TPSA) is 82.1 Å². The van der Waals surface area contributed by atoms with Gasteiger partial charge in [0.25, 0.3) is 0 Å². The third kappa shape index (κ3) is 19.3. The number of unbranched alkanes of at least 4 members (excludes halogenated alkanes) is 13. The Labute approximate surface area is 262 Å². The average Bonchev–Trinajstić information content (AvgIpc) is 3.01. The monoisotopic (exact) mass is 627 g/mol. The SMILES string of the molecule is CCCCCCCCCCCCSC(CCCCCCC)C(C)OCCCOC(O)([PH+]=O)C(=O)OCc1ccccc1. The van der Waals surface area contributed by atoms with E-state index in [-0.39, 0.29) is 19.3 Å². The second-order valence-electron chi connectivity index (χ2n) is 11.4. The quantitative estimate of drug-likeness (QED) is 0.0410. The van der Waals surface area contributed by atoms with Crippen molar-refractivity contribution in [1.82, 2.24) is 0 Å². The summed E-state index contributed by atoms with van der Waals surface area (Å²) in [6.45, 7) is 7.14. The molecule has 0 saturated carbocycles. The molecular formula is C34H60O6PS+. The molecule has 42 heavy (non-hydrogen) atoms. The van der Waals surface area contributed by atoms with Crippen molar-refractivity contribution in [3.63, 3.8) is 0 Å². The summed E-state index contributed by atoms with van der Waals surface area (Å²) < 4.78 is 28.2. The number of thioether (sulfide) groups is 1. The molecule has 0 aliphatic rings. The Hall–Kier alpha value is -0.980. The van der Waals surface area contributed by atoms with Gasteiger partial charge in [-0.2, -0.15) is 11.8 Å². The highest BCUT2D eigenvalue weighted by Gasteiger charge is 2.49. The molecule has 0 bridgehead atoms. The minimum Gasteiger partial charge on any atom is -0.453 e. The maximum atomic E-state index is 12.3. The van der Waals surface area contributed by atoms with Gasteiger partial charge in [0.2, 0.25) is 0 Å². The zero-order valence-corrected chi connectivity index (χ0v) is 28.6. The molecule has 4 atom stereocenters. The molecule has 1 rings (SSSR count). The van der Waals surface area contributed by atoms with Crippen LogP contribution >= 0.6 is 20.2 Å². The second-order valence-corrected chi connectivity index (χ2v) is 13.6. The number of carbonyl (C=O) groups is 1. The van der Waals surface area contributed by atoms with Crippen molar-refractivity contribution in [3.05, 3.63) is 35.9 Å². The van der Waals surface area contributed by atoms with Crippen molar-refractivity contribution in [1.29, 1.82) is 0 Å². The summed E-state index contributed by atoms with van der Waals surface area (Å²) in [6, 6.07) is 9.13. The number of hydrogen-bond acceptors (Lipinski definition) is 7. The molecular weight excluding hydrogens is 567 g/mol. The van der Waals surface area contributed by atoms with Crippen LogP contribution in [0.1, 0.15) is 135 Å². The Balaban J connectivity index is 2.33. The molecule has 8 heteroatoms. The fourth-order valence-electron chi connectivity index (χ4n) is 4.83. The summed E-state index contributed by atoms with van der Waals surface area (Å²) in [4.78, 5) is 12.3. The maximum absolute atomic E-state index is 12.3. The van der Waals surface area contributed by atoms with Crippen molar-refractivity contribution in [2.75, 3.05) is 19.0 Å². The fourth-order valence-corrected chi connectivity index (χ4v) is 6.51. The predicted molar refractivity (Wildman–Crippen MR) is 178 cm³/mol. The van der Waals surface area contributed by atoms with Gasteiger partial charge in [-0.25, -0.2) is 4.79 Å². The van der Waals surface area contributed by atoms with Gasteiger partial charge < -0.3 is 19.3 Å². The first-order valence-electron chi connectivity index (χ1n) is 16.7. The smallest absolute Gasteiger partial charge is 0.453 e. The zero-order chi connectivity index (χ0) is 30.7. The zero-order valence-electron chi connectivity index (χ0n) is 26.8. The highest BCUT2D eigenvalue weighted by Crippen LogP contribution is 2.26. The summed E-state index contributed by atoms with van der Waals surface area (Å²) in [7, 11) is -1.38. The number of ether oxygens (including phenoxy) is 3. The van der Waals surface area contributed by atoms with Crippen LogP contribution < -0.4 is 0 Å². The summed E-state index contributed by atoms with van der Waals surface area (Å²) in [6.07, 6.45) is 21.7. The fraction of sp³-hybridized carbons (Fsp3) is 0.794. The summed E-state index contributed by atoms with van der Waals surface area (Å²) in [5.74, 6) is 0.135. The molecule has 0 aliphatic heterocycles. The molecule has 0 saturated heterocycles. The lowest BCUT2D eigenvalue weighted by atomic mass is 10.1. The van der Waals surface area contributed by atoms with Gasteiger partial charge in [0.15, 0.2) is 0 Å². The average molecular weight is 628 g/mol. The highest BCUT2D eigenvalue weighted by atomic mass is 32.2. The second kappa shape index (κ2) is 26.4. The van der Waals surface area contributed by atoms with Gasteiger partial charge in [0.1, 0.15) is 6.61 Å². The molecule has 1 N–H and O–H groups in total. The van der Waals surface area contributed by atoms with E-state index in [1.54, 1.807) is 12.1 Å². The van der Waals surface area contributed by atoms with Gasteiger partial charge in [-0.3, -0.25) is 0 Å². The van der Waals surface area contributed by atoms with Crippen LogP contribution in [0, 0.1) is 0 Å². The number of rotatable bonds is 29. The molecule has 0 spiro atoms. The summed E-state index contributed by atoms with van der Waals surface area (Å²) >= 11 is 2.05. The van der Waals surface area contributed by atoms with Crippen LogP contribution in [0.2, 0.25) is 0 Å². The molecule has 242 valence electrons.